The van der Waals surface area contributed by atoms with Gasteiger partial charge in [0.25, 0.3) is 5.91 Å². The number of nitrogens with one attached hydrogen (secondary N) is 2. The second-order valence-electron chi connectivity index (χ2n) is 10.5. The van der Waals surface area contributed by atoms with Crippen molar-refractivity contribution in [3.8, 4) is 0 Å². The molecule has 0 saturated carbocycles. The van der Waals surface area contributed by atoms with Crippen LogP contribution < -0.4 is 16.4 Å². The monoisotopic (exact) mass is 601 g/mol. The van der Waals surface area contributed by atoms with Gasteiger partial charge in [0.1, 0.15) is 23.7 Å². The fourth-order valence-electron chi connectivity index (χ4n) is 4.23. The number of ether oxygens (including phenoxy) is 1. The average Bonchev–Trinajstić information content (AvgIpc) is 3.39. The molecule has 13 heteroatoms. The third kappa shape index (κ3) is 11.7. The Labute approximate surface area is 250 Å². The topological polar surface area (TPSA) is 174 Å². The highest BCUT2D eigenvalue weighted by atomic mass is 19.1. The van der Waals surface area contributed by atoms with Crippen molar-refractivity contribution in [3.05, 3.63) is 65.3 Å². The van der Waals surface area contributed by atoms with Crippen molar-refractivity contribution in [1.82, 2.24) is 20.7 Å². The molecule has 0 bridgehead atoms. The summed E-state index contributed by atoms with van der Waals surface area (Å²) in [5.41, 5.74) is 5.87. The summed E-state index contributed by atoms with van der Waals surface area (Å²) in [7, 11) is 1.43. The van der Waals surface area contributed by atoms with Crippen molar-refractivity contribution in [1.29, 1.82) is 0 Å². The maximum absolute atomic E-state index is 13.8. The van der Waals surface area contributed by atoms with Gasteiger partial charge in [-0.15, -0.1) is 0 Å². The fourth-order valence-corrected chi connectivity index (χ4v) is 4.23. The zero-order chi connectivity index (χ0) is 32.1. The van der Waals surface area contributed by atoms with E-state index >= 15 is 0 Å². The first-order valence-corrected chi connectivity index (χ1v) is 14.0. The van der Waals surface area contributed by atoms with Gasteiger partial charge in [-0.25, -0.2) is 9.18 Å². The molecule has 234 valence electrons. The lowest BCUT2D eigenvalue weighted by molar-refractivity contribution is -0.140. The summed E-state index contributed by atoms with van der Waals surface area (Å²) in [5.74, 6) is -3.04. The minimum atomic E-state index is -1.12. The summed E-state index contributed by atoms with van der Waals surface area (Å²) in [6.45, 7) is 7.19. The molecule has 0 radical (unpaired) electrons. The molecule has 4 amide bonds. The molecule has 12 nitrogen and oxygen atoms in total. The van der Waals surface area contributed by atoms with Gasteiger partial charge in [-0.2, -0.15) is 0 Å². The molecular weight excluding hydrogens is 561 g/mol. The molecule has 0 aliphatic heterocycles. The van der Waals surface area contributed by atoms with Crippen molar-refractivity contribution >= 4 is 29.6 Å². The number of likely N-dealkylation sites (N-methyl/N-ethyl adjacent to an activating group) is 1. The summed E-state index contributed by atoms with van der Waals surface area (Å²) < 4.78 is 23.5. The number of hydrogen-bond acceptors (Lipinski definition) is 8. The third-order valence-corrected chi connectivity index (χ3v) is 6.41. The normalized spacial score (nSPS) is 13.3. The average molecular weight is 602 g/mol. The Kier molecular flexibility index (Phi) is 13.5. The molecule has 1 aromatic heterocycles. The predicted octanol–water partition coefficient (Wildman–Crippen LogP) is 2.21. The van der Waals surface area contributed by atoms with Crippen LogP contribution in [0, 0.1) is 18.7 Å². The molecule has 0 aliphatic carbocycles. The molecule has 4 N–H and O–H groups in total. The number of halogens is 1. The third-order valence-electron chi connectivity index (χ3n) is 6.41. The van der Waals surface area contributed by atoms with E-state index in [4.69, 9.17) is 15.0 Å². The number of rotatable bonds is 16. The van der Waals surface area contributed by atoms with Crippen molar-refractivity contribution < 1.29 is 37.6 Å². The Morgan fingerprint density at radius 2 is 1.81 bits per heavy atom. The molecule has 2 aromatic rings. The lowest BCUT2D eigenvalue weighted by atomic mass is 9.99. The van der Waals surface area contributed by atoms with E-state index < -0.39 is 53.5 Å². The van der Waals surface area contributed by atoms with E-state index in [1.165, 1.54) is 48.4 Å². The van der Waals surface area contributed by atoms with Gasteiger partial charge in [-0.05, 0) is 50.3 Å². The van der Waals surface area contributed by atoms with E-state index in [2.05, 4.69) is 15.8 Å². The number of carbonyl (C=O) groups excluding carboxylic acids is 5. The highest BCUT2D eigenvalue weighted by Crippen LogP contribution is 2.16. The van der Waals surface area contributed by atoms with E-state index in [0.717, 1.165) is 6.08 Å². The molecule has 43 heavy (non-hydrogen) atoms. The van der Waals surface area contributed by atoms with Crippen LogP contribution in [0.1, 0.15) is 61.8 Å². The van der Waals surface area contributed by atoms with E-state index in [1.807, 2.05) is 13.8 Å². The molecular formula is C30H40FN5O7. The summed E-state index contributed by atoms with van der Waals surface area (Å²) in [6.07, 6.45) is 2.79. The molecule has 1 heterocycles. The molecule has 0 spiro atoms. The van der Waals surface area contributed by atoms with Crippen molar-refractivity contribution in [2.45, 2.75) is 71.5 Å². The van der Waals surface area contributed by atoms with Crippen LogP contribution >= 0.6 is 0 Å². The van der Waals surface area contributed by atoms with Gasteiger partial charge in [-0.3, -0.25) is 19.2 Å². The lowest BCUT2D eigenvalue weighted by Gasteiger charge is -2.32. The van der Waals surface area contributed by atoms with Gasteiger partial charge in [0.2, 0.25) is 17.7 Å². The Balaban J connectivity index is 2.38. The molecule has 0 saturated heterocycles. The first-order valence-electron chi connectivity index (χ1n) is 14.0. The van der Waals surface area contributed by atoms with Crippen LogP contribution in [0.4, 0.5) is 4.39 Å². The standard InChI is InChI=1S/C30H40FN5O7/c1-6-42-27(38)14-12-22(11-13-26(32)37)33-29(40)25(17-20-7-9-21(31)10-8-20)36(5)30(41)24(15-18(2)3)34-28(39)23-16-19(4)43-35-23/h7-10,12,14,16,18,22,24-25H,6,11,13,15,17H2,1-5H3,(H2,32,37)(H,33,40)(H,34,39)/b14-12+. The molecule has 0 aliphatic rings. The van der Waals surface area contributed by atoms with Gasteiger partial charge in [0.15, 0.2) is 5.69 Å². The number of carbonyl (C=O) groups is 5. The van der Waals surface area contributed by atoms with Crippen LogP contribution in [0.2, 0.25) is 0 Å². The summed E-state index contributed by atoms with van der Waals surface area (Å²) in [4.78, 5) is 64.9. The van der Waals surface area contributed by atoms with Crippen LogP contribution in [0.25, 0.3) is 0 Å². The van der Waals surface area contributed by atoms with Gasteiger partial charge in [-0.1, -0.05) is 37.2 Å². The quantitative estimate of drug-likeness (QED) is 0.194. The van der Waals surface area contributed by atoms with Gasteiger partial charge >= 0.3 is 5.97 Å². The second-order valence-corrected chi connectivity index (χ2v) is 10.5. The molecule has 0 fully saturated rings. The minimum absolute atomic E-state index is 0.00253. The van der Waals surface area contributed by atoms with Crippen LogP contribution in [0.15, 0.2) is 47.0 Å². The van der Waals surface area contributed by atoms with Crippen LogP contribution in [-0.2, 0) is 30.3 Å². The van der Waals surface area contributed by atoms with Crippen LogP contribution in [0.5, 0.6) is 0 Å². The fraction of sp³-hybridized carbons (Fsp3) is 0.467. The molecule has 1 aromatic carbocycles. The number of aryl methyl sites for hydroxylation is 1. The smallest absolute Gasteiger partial charge is 0.330 e. The van der Waals surface area contributed by atoms with Crippen LogP contribution in [-0.4, -0.2) is 71.4 Å². The van der Waals surface area contributed by atoms with Crippen molar-refractivity contribution in [3.63, 3.8) is 0 Å². The van der Waals surface area contributed by atoms with Gasteiger partial charge in [0.05, 0.1) is 6.61 Å². The van der Waals surface area contributed by atoms with Crippen molar-refractivity contribution in [2.75, 3.05) is 13.7 Å². The van der Waals surface area contributed by atoms with Crippen molar-refractivity contribution in [2.24, 2.45) is 11.7 Å². The van der Waals surface area contributed by atoms with E-state index in [-0.39, 0.29) is 43.9 Å². The summed E-state index contributed by atoms with van der Waals surface area (Å²) in [6, 6.07) is 4.00. The largest absolute Gasteiger partial charge is 0.463 e. The van der Waals surface area contributed by atoms with E-state index in [1.54, 1.807) is 13.8 Å². The van der Waals surface area contributed by atoms with Crippen LogP contribution in [0.3, 0.4) is 0 Å². The predicted molar refractivity (Wildman–Crippen MR) is 155 cm³/mol. The number of nitrogens with two attached hydrogens (primary N) is 1. The SMILES string of the molecule is CCOC(=O)/C=C/C(CCC(N)=O)NC(=O)C(Cc1ccc(F)cc1)N(C)C(=O)C(CC(C)C)NC(=O)c1cc(C)on1. The van der Waals surface area contributed by atoms with Gasteiger partial charge in [0, 0.05) is 38.1 Å². The Bertz CT molecular complexity index is 1290. The summed E-state index contributed by atoms with van der Waals surface area (Å²) >= 11 is 0. The van der Waals surface area contributed by atoms with E-state index in [0.29, 0.717) is 11.3 Å². The molecule has 3 atom stereocenters. The second kappa shape index (κ2) is 16.8. The number of aromatic nitrogens is 1. The Hall–Kier alpha value is -4.55. The minimum Gasteiger partial charge on any atom is -0.463 e. The molecule has 3 unspecified atom stereocenters. The Morgan fingerprint density at radius 3 is 2.37 bits per heavy atom. The molecule has 2 rings (SSSR count). The number of benzene rings is 1. The Morgan fingerprint density at radius 1 is 1.14 bits per heavy atom. The first-order chi connectivity index (χ1) is 20.3. The highest BCUT2D eigenvalue weighted by Gasteiger charge is 2.34. The maximum Gasteiger partial charge on any atom is 0.330 e. The summed E-state index contributed by atoms with van der Waals surface area (Å²) in [5, 5.41) is 9.16. The number of esters is 1. The van der Waals surface area contributed by atoms with Gasteiger partial charge < -0.3 is 30.5 Å². The zero-order valence-electron chi connectivity index (χ0n) is 25.1. The first kappa shape index (κ1) is 34.7. The maximum atomic E-state index is 13.8. The highest BCUT2D eigenvalue weighted by molar-refractivity contribution is 5.97. The zero-order valence-corrected chi connectivity index (χ0v) is 25.1. The number of amides is 4. The van der Waals surface area contributed by atoms with E-state index in [9.17, 15) is 28.4 Å². The number of nitrogens with zero attached hydrogens (tertiary/aromatic N) is 2. The lowest BCUT2D eigenvalue weighted by Crippen LogP contribution is -2.56. The number of hydrogen-bond donors (Lipinski definition) is 3. The number of primary amides is 1.